The first-order valence-electron chi connectivity index (χ1n) is 10.2. The lowest BCUT2D eigenvalue weighted by Gasteiger charge is -2.08. The Labute approximate surface area is 190 Å². The van der Waals surface area contributed by atoms with Crippen LogP contribution in [0, 0.1) is 6.92 Å². The predicted octanol–water partition coefficient (Wildman–Crippen LogP) is 6.26. The van der Waals surface area contributed by atoms with Crippen molar-refractivity contribution in [2.24, 2.45) is 0 Å². The molecule has 0 aliphatic rings. The van der Waals surface area contributed by atoms with Crippen LogP contribution in [0.1, 0.15) is 39.3 Å². The third-order valence-corrected chi connectivity index (χ3v) is 6.09. The largest absolute Gasteiger partial charge is 0.481 e. The molecule has 32 heavy (non-hydrogen) atoms. The number of nitrogens with one attached hydrogen (secondary N) is 1. The standard InChI is InChI=1S/C26H22N2O3S/c1-17-9-11-19(12-10-17)25(31)27-21-6-4-5-18(16-21)15-20(13-14-24(29)30)26-28-22-7-2-3-8-23(22)32-26/h2-12,15-16H,13-14H2,1H3,(H,27,31)(H,29,30). The van der Waals surface area contributed by atoms with Crippen LogP contribution < -0.4 is 5.32 Å². The smallest absolute Gasteiger partial charge is 0.303 e. The highest BCUT2D eigenvalue weighted by molar-refractivity contribution is 7.19. The number of carbonyl (C=O) groups excluding carboxylic acids is 1. The molecule has 5 nitrogen and oxygen atoms in total. The van der Waals surface area contributed by atoms with Gasteiger partial charge in [0, 0.05) is 17.7 Å². The predicted molar refractivity (Wildman–Crippen MR) is 130 cm³/mol. The minimum Gasteiger partial charge on any atom is -0.481 e. The zero-order valence-electron chi connectivity index (χ0n) is 17.5. The third-order valence-electron chi connectivity index (χ3n) is 4.98. The van der Waals surface area contributed by atoms with Gasteiger partial charge in [-0.3, -0.25) is 9.59 Å². The van der Waals surface area contributed by atoms with E-state index in [4.69, 9.17) is 4.98 Å². The minimum absolute atomic E-state index is 0.0195. The van der Waals surface area contributed by atoms with Crippen molar-refractivity contribution >= 4 is 50.8 Å². The molecule has 0 fully saturated rings. The van der Waals surface area contributed by atoms with Crippen molar-refractivity contribution in [1.82, 2.24) is 4.98 Å². The summed E-state index contributed by atoms with van der Waals surface area (Å²) in [7, 11) is 0. The molecular weight excluding hydrogens is 420 g/mol. The summed E-state index contributed by atoms with van der Waals surface area (Å²) in [5, 5.41) is 12.9. The summed E-state index contributed by atoms with van der Waals surface area (Å²) < 4.78 is 1.06. The van der Waals surface area contributed by atoms with Crippen molar-refractivity contribution in [3.8, 4) is 0 Å². The average molecular weight is 443 g/mol. The fourth-order valence-electron chi connectivity index (χ4n) is 3.31. The Bertz CT molecular complexity index is 1270. The number of anilines is 1. The van der Waals surface area contributed by atoms with E-state index >= 15 is 0 Å². The number of hydrogen-bond acceptors (Lipinski definition) is 4. The van der Waals surface area contributed by atoms with Crippen LogP contribution in [-0.4, -0.2) is 22.0 Å². The van der Waals surface area contributed by atoms with Gasteiger partial charge in [0.15, 0.2) is 0 Å². The molecule has 0 unspecified atom stereocenters. The first kappa shape index (κ1) is 21.5. The zero-order valence-corrected chi connectivity index (χ0v) is 18.4. The van der Waals surface area contributed by atoms with Crippen LogP contribution in [0.25, 0.3) is 21.9 Å². The third kappa shape index (κ3) is 5.28. The van der Waals surface area contributed by atoms with Gasteiger partial charge in [0.2, 0.25) is 0 Å². The summed E-state index contributed by atoms with van der Waals surface area (Å²) in [5.74, 6) is -1.03. The van der Waals surface area contributed by atoms with E-state index in [1.807, 2.05) is 73.7 Å². The quantitative estimate of drug-likeness (QED) is 0.354. The topological polar surface area (TPSA) is 79.3 Å². The van der Waals surface area contributed by atoms with Crippen LogP contribution in [0.5, 0.6) is 0 Å². The molecule has 4 rings (SSSR count). The monoisotopic (exact) mass is 442 g/mol. The summed E-state index contributed by atoms with van der Waals surface area (Å²) in [6.45, 7) is 1.98. The molecule has 0 saturated carbocycles. The molecule has 4 aromatic rings. The molecule has 0 spiro atoms. The number of hydrogen-bond donors (Lipinski definition) is 2. The van der Waals surface area contributed by atoms with Gasteiger partial charge in [-0.1, -0.05) is 42.0 Å². The average Bonchev–Trinajstić information content (AvgIpc) is 3.21. The molecule has 1 amide bonds. The number of benzene rings is 3. The van der Waals surface area contributed by atoms with Crippen molar-refractivity contribution in [1.29, 1.82) is 0 Å². The molecule has 0 atom stereocenters. The van der Waals surface area contributed by atoms with Crippen LogP contribution in [-0.2, 0) is 4.79 Å². The number of carboxylic acids is 1. The van der Waals surface area contributed by atoms with Gasteiger partial charge >= 0.3 is 5.97 Å². The number of allylic oxidation sites excluding steroid dienone is 1. The van der Waals surface area contributed by atoms with Crippen LogP contribution in [0.4, 0.5) is 5.69 Å². The second-order valence-electron chi connectivity index (χ2n) is 7.50. The number of para-hydroxylation sites is 1. The highest BCUT2D eigenvalue weighted by Gasteiger charge is 2.12. The van der Waals surface area contributed by atoms with E-state index in [2.05, 4.69) is 5.32 Å². The summed E-state index contributed by atoms with van der Waals surface area (Å²) >= 11 is 1.55. The number of amides is 1. The molecule has 0 aliphatic heterocycles. The molecule has 1 aromatic heterocycles. The molecular formula is C26H22N2O3S. The van der Waals surface area contributed by atoms with E-state index in [1.54, 1.807) is 23.5 Å². The highest BCUT2D eigenvalue weighted by Crippen LogP contribution is 2.31. The molecule has 2 N–H and O–H groups in total. The van der Waals surface area contributed by atoms with E-state index < -0.39 is 5.97 Å². The first-order chi connectivity index (χ1) is 15.5. The second kappa shape index (κ2) is 9.58. The molecule has 0 saturated heterocycles. The molecule has 160 valence electrons. The van der Waals surface area contributed by atoms with Gasteiger partial charge < -0.3 is 10.4 Å². The Hall–Kier alpha value is -3.77. The maximum atomic E-state index is 12.6. The van der Waals surface area contributed by atoms with Crippen LogP contribution in [0.15, 0.2) is 72.8 Å². The fourth-order valence-corrected chi connectivity index (χ4v) is 4.32. The van der Waals surface area contributed by atoms with Crippen molar-refractivity contribution in [2.75, 3.05) is 5.32 Å². The number of carboxylic acid groups (broad SMARTS) is 1. The summed E-state index contributed by atoms with van der Waals surface area (Å²) in [4.78, 5) is 28.4. The number of carbonyl (C=O) groups is 2. The molecule has 0 radical (unpaired) electrons. The molecule has 1 heterocycles. The number of fused-ring (bicyclic) bond motifs is 1. The summed E-state index contributed by atoms with van der Waals surface area (Å²) in [5.41, 5.74) is 4.98. The van der Waals surface area contributed by atoms with Crippen LogP contribution >= 0.6 is 11.3 Å². The van der Waals surface area contributed by atoms with Gasteiger partial charge in [0.05, 0.1) is 10.2 Å². The Morgan fingerprint density at radius 2 is 1.78 bits per heavy atom. The van der Waals surface area contributed by atoms with Crippen LogP contribution in [0.3, 0.4) is 0 Å². The number of aromatic nitrogens is 1. The number of aryl methyl sites for hydroxylation is 1. The number of thiazole rings is 1. The molecule has 6 heteroatoms. The van der Waals surface area contributed by atoms with Gasteiger partial charge in [-0.25, -0.2) is 4.98 Å². The SMILES string of the molecule is Cc1ccc(C(=O)Nc2cccc(C=C(CCC(=O)O)c3nc4ccccc4s3)c2)cc1. The van der Waals surface area contributed by atoms with Crippen LogP contribution in [0.2, 0.25) is 0 Å². The second-order valence-corrected chi connectivity index (χ2v) is 8.53. The van der Waals surface area contributed by atoms with E-state index in [0.29, 0.717) is 17.7 Å². The number of rotatable bonds is 7. The fraction of sp³-hybridized carbons (Fsp3) is 0.115. The first-order valence-corrected chi connectivity index (χ1v) is 11.1. The maximum Gasteiger partial charge on any atom is 0.303 e. The Kier molecular flexibility index (Phi) is 6.42. The lowest BCUT2D eigenvalue weighted by molar-refractivity contribution is -0.136. The van der Waals surface area contributed by atoms with Gasteiger partial charge in [0.25, 0.3) is 5.91 Å². The summed E-state index contributed by atoms with van der Waals surface area (Å²) in [6, 6.07) is 22.8. The highest BCUT2D eigenvalue weighted by atomic mass is 32.1. The lowest BCUT2D eigenvalue weighted by Crippen LogP contribution is -2.11. The normalized spacial score (nSPS) is 11.5. The van der Waals surface area contributed by atoms with Gasteiger partial charge in [0.1, 0.15) is 5.01 Å². The van der Waals surface area contributed by atoms with Crippen molar-refractivity contribution in [3.05, 3.63) is 94.5 Å². The Morgan fingerprint density at radius 3 is 2.53 bits per heavy atom. The molecule has 3 aromatic carbocycles. The maximum absolute atomic E-state index is 12.6. The Morgan fingerprint density at radius 1 is 1.00 bits per heavy atom. The molecule has 0 bridgehead atoms. The van der Waals surface area contributed by atoms with E-state index in [-0.39, 0.29) is 12.3 Å². The van der Waals surface area contributed by atoms with Crippen molar-refractivity contribution < 1.29 is 14.7 Å². The summed E-state index contributed by atoms with van der Waals surface area (Å²) in [6.07, 6.45) is 2.34. The van der Waals surface area contributed by atoms with Gasteiger partial charge in [-0.05, 0) is 67.0 Å². The minimum atomic E-state index is -0.851. The number of nitrogens with zero attached hydrogens (tertiary/aromatic N) is 1. The van der Waals surface area contributed by atoms with Gasteiger partial charge in [-0.15, -0.1) is 11.3 Å². The van der Waals surface area contributed by atoms with E-state index in [9.17, 15) is 14.7 Å². The van der Waals surface area contributed by atoms with Crippen molar-refractivity contribution in [3.63, 3.8) is 0 Å². The number of aliphatic carboxylic acids is 1. The lowest BCUT2D eigenvalue weighted by atomic mass is 10.1. The zero-order chi connectivity index (χ0) is 22.5. The van der Waals surface area contributed by atoms with Gasteiger partial charge in [-0.2, -0.15) is 0 Å². The Balaban J connectivity index is 1.61. The van der Waals surface area contributed by atoms with E-state index in [0.717, 1.165) is 31.9 Å². The van der Waals surface area contributed by atoms with Crippen molar-refractivity contribution in [2.45, 2.75) is 19.8 Å². The van der Waals surface area contributed by atoms with E-state index in [1.165, 1.54) is 0 Å². The molecule has 0 aliphatic carbocycles.